The lowest BCUT2D eigenvalue weighted by molar-refractivity contribution is -0.116. The molecule has 1 unspecified atom stereocenters. The summed E-state index contributed by atoms with van der Waals surface area (Å²) in [5.41, 5.74) is 4.07. The van der Waals surface area contributed by atoms with Crippen LogP contribution in [0, 0.1) is 13.8 Å². The first-order chi connectivity index (χ1) is 14.5. The van der Waals surface area contributed by atoms with E-state index in [9.17, 15) is 9.59 Å². The van der Waals surface area contributed by atoms with Gasteiger partial charge in [0.2, 0.25) is 5.91 Å². The molecule has 6 heteroatoms. The van der Waals surface area contributed by atoms with Gasteiger partial charge in [0.1, 0.15) is 11.6 Å². The monoisotopic (exact) mass is 403 g/mol. The highest BCUT2D eigenvalue weighted by atomic mass is 16.5. The lowest BCUT2D eigenvalue weighted by Gasteiger charge is -2.23. The molecule has 0 fully saturated rings. The van der Waals surface area contributed by atoms with Gasteiger partial charge in [0.15, 0.2) is 5.78 Å². The average molecular weight is 403 g/mol. The molecular weight excluding hydrogens is 378 g/mol. The Bertz CT molecular complexity index is 1080. The molecule has 3 aromatic rings. The molecule has 0 saturated heterocycles. The quantitative estimate of drug-likeness (QED) is 0.611. The number of ether oxygens (including phenoxy) is 1. The number of nitrogens with one attached hydrogen (secondary N) is 1. The van der Waals surface area contributed by atoms with Crippen LogP contribution in [0.5, 0.6) is 5.75 Å². The van der Waals surface area contributed by atoms with Crippen molar-refractivity contribution in [2.24, 2.45) is 0 Å². The van der Waals surface area contributed by atoms with Gasteiger partial charge in [-0.15, -0.1) is 0 Å². The highest BCUT2D eigenvalue weighted by molar-refractivity contribution is 6.08. The van der Waals surface area contributed by atoms with Crippen molar-refractivity contribution >= 4 is 17.5 Å². The summed E-state index contributed by atoms with van der Waals surface area (Å²) in [7, 11) is 0. The van der Waals surface area contributed by atoms with Crippen molar-refractivity contribution in [3.8, 4) is 11.4 Å². The maximum Gasteiger partial charge on any atom is 0.226 e. The summed E-state index contributed by atoms with van der Waals surface area (Å²) in [5.74, 6) is 0.486. The standard InChI is InChI=1S/C24H25N3O3/c1-4-13-30-19-11-7-17(8-12-19)23(29)20-14-21(28)25-24-22(20)16(3)26-27(24)18-9-5-15(2)6-10-18/h5-12,20H,4,13-14H2,1-3H3,(H,25,28). The zero-order valence-electron chi connectivity index (χ0n) is 17.4. The summed E-state index contributed by atoms with van der Waals surface area (Å²) in [6.45, 7) is 6.57. The molecule has 2 aromatic carbocycles. The summed E-state index contributed by atoms with van der Waals surface area (Å²) in [6.07, 6.45) is 1.03. The third-order valence-corrected chi connectivity index (χ3v) is 5.31. The molecule has 2 heterocycles. The molecule has 1 N–H and O–H groups in total. The van der Waals surface area contributed by atoms with E-state index in [0.29, 0.717) is 18.0 Å². The van der Waals surface area contributed by atoms with Crippen molar-refractivity contribution in [2.75, 3.05) is 11.9 Å². The number of nitrogens with zero attached hydrogens (tertiary/aromatic N) is 2. The van der Waals surface area contributed by atoms with Crippen LogP contribution in [0.4, 0.5) is 5.82 Å². The molecule has 154 valence electrons. The number of aryl methyl sites for hydroxylation is 2. The van der Waals surface area contributed by atoms with Crippen molar-refractivity contribution in [3.63, 3.8) is 0 Å². The first kappa shape index (κ1) is 19.9. The van der Waals surface area contributed by atoms with Crippen LogP contribution in [-0.2, 0) is 4.79 Å². The third-order valence-electron chi connectivity index (χ3n) is 5.31. The fourth-order valence-corrected chi connectivity index (χ4v) is 3.78. The van der Waals surface area contributed by atoms with E-state index in [1.54, 1.807) is 28.9 Å². The number of benzene rings is 2. The van der Waals surface area contributed by atoms with Crippen LogP contribution in [0.2, 0.25) is 0 Å². The van der Waals surface area contributed by atoms with Crippen LogP contribution >= 0.6 is 0 Å². The molecule has 0 spiro atoms. The second-order valence-corrected chi connectivity index (χ2v) is 7.64. The number of rotatable bonds is 6. The van der Waals surface area contributed by atoms with Gasteiger partial charge in [-0.1, -0.05) is 24.6 Å². The Labute approximate surface area is 175 Å². The number of hydrogen-bond acceptors (Lipinski definition) is 4. The SMILES string of the molecule is CCCOc1ccc(C(=O)C2CC(=O)Nc3c2c(C)nn3-c2ccc(C)cc2)cc1. The van der Waals surface area contributed by atoms with E-state index >= 15 is 0 Å². The molecule has 1 amide bonds. The molecule has 0 aliphatic carbocycles. The Balaban J connectivity index is 1.69. The molecule has 30 heavy (non-hydrogen) atoms. The van der Waals surface area contributed by atoms with E-state index in [2.05, 4.69) is 10.4 Å². The van der Waals surface area contributed by atoms with Crippen LogP contribution in [0.1, 0.15) is 52.9 Å². The summed E-state index contributed by atoms with van der Waals surface area (Å²) >= 11 is 0. The lowest BCUT2D eigenvalue weighted by Crippen LogP contribution is -2.28. The van der Waals surface area contributed by atoms with Crippen LogP contribution < -0.4 is 10.1 Å². The fourth-order valence-electron chi connectivity index (χ4n) is 3.78. The Morgan fingerprint density at radius 1 is 1.13 bits per heavy atom. The minimum atomic E-state index is -0.560. The number of hydrogen-bond donors (Lipinski definition) is 1. The van der Waals surface area contributed by atoms with Gasteiger partial charge in [0.05, 0.1) is 23.9 Å². The number of aromatic nitrogens is 2. The molecule has 1 aliphatic rings. The number of ketones is 1. The topological polar surface area (TPSA) is 73.2 Å². The van der Waals surface area contributed by atoms with Crippen LogP contribution in [0.15, 0.2) is 48.5 Å². The zero-order chi connectivity index (χ0) is 21.3. The van der Waals surface area contributed by atoms with E-state index in [0.717, 1.165) is 34.7 Å². The van der Waals surface area contributed by atoms with Crippen molar-refractivity contribution in [1.82, 2.24) is 9.78 Å². The van der Waals surface area contributed by atoms with Crippen LogP contribution in [0.25, 0.3) is 5.69 Å². The van der Waals surface area contributed by atoms with Gasteiger partial charge in [0.25, 0.3) is 0 Å². The van der Waals surface area contributed by atoms with Crippen LogP contribution in [0.3, 0.4) is 0 Å². The molecular formula is C24H25N3O3. The first-order valence-corrected chi connectivity index (χ1v) is 10.2. The largest absolute Gasteiger partial charge is 0.494 e. The minimum Gasteiger partial charge on any atom is -0.494 e. The first-order valence-electron chi connectivity index (χ1n) is 10.2. The van der Waals surface area contributed by atoms with E-state index in [1.165, 1.54) is 0 Å². The molecule has 0 bridgehead atoms. The summed E-state index contributed by atoms with van der Waals surface area (Å²) in [5, 5.41) is 7.55. The molecule has 0 radical (unpaired) electrons. The number of carbonyl (C=O) groups is 2. The summed E-state index contributed by atoms with van der Waals surface area (Å²) in [4.78, 5) is 25.8. The maximum atomic E-state index is 13.3. The number of fused-ring (bicyclic) bond motifs is 1. The van der Waals surface area contributed by atoms with E-state index in [4.69, 9.17) is 4.74 Å². The molecule has 1 atom stereocenters. The maximum absolute atomic E-state index is 13.3. The molecule has 0 saturated carbocycles. The Morgan fingerprint density at radius 3 is 2.50 bits per heavy atom. The minimum absolute atomic E-state index is 0.0836. The highest BCUT2D eigenvalue weighted by Crippen LogP contribution is 2.38. The summed E-state index contributed by atoms with van der Waals surface area (Å²) in [6, 6.07) is 15.0. The van der Waals surface area contributed by atoms with Gasteiger partial charge in [-0.25, -0.2) is 4.68 Å². The fraction of sp³-hybridized carbons (Fsp3) is 0.292. The Hall–Kier alpha value is -3.41. The second-order valence-electron chi connectivity index (χ2n) is 7.64. The smallest absolute Gasteiger partial charge is 0.226 e. The van der Waals surface area contributed by atoms with Gasteiger partial charge < -0.3 is 10.1 Å². The Morgan fingerprint density at radius 2 is 1.83 bits per heavy atom. The molecule has 1 aliphatic heterocycles. The van der Waals surface area contributed by atoms with E-state index in [-0.39, 0.29) is 18.1 Å². The van der Waals surface area contributed by atoms with E-state index in [1.807, 2.05) is 45.0 Å². The van der Waals surface area contributed by atoms with Gasteiger partial charge in [-0.2, -0.15) is 5.10 Å². The molecule has 1 aromatic heterocycles. The van der Waals surface area contributed by atoms with Gasteiger partial charge in [-0.05, 0) is 56.7 Å². The molecule has 6 nitrogen and oxygen atoms in total. The average Bonchev–Trinajstić information content (AvgIpc) is 3.08. The van der Waals surface area contributed by atoms with Crippen molar-refractivity contribution in [1.29, 1.82) is 0 Å². The van der Waals surface area contributed by atoms with Crippen LogP contribution in [-0.4, -0.2) is 28.1 Å². The van der Waals surface area contributed by atoms with Crippen molar-refractivity contribution in [3.05, 3.63) is 70.9 Å². The number of Topliss-reactive ketones (excluding diaryl/α,β-unsaturated/α-hetero) is 1. The number of carbonyl (C=O) groups excluding carboxylic acids is 2. The molecule has 4 rings (SSSR count). The van der Waals surface area contributed by atoms with Crippen molar-refractivity contribution < 1.29 is 14.3 Å². The number of anilines is 1. The Kier molecular flexibility index (Phi) is 5.40. The van der Waals surface area contributed by atoms with Gasteiger partial charge in [-0.3, -0.25) is 9.59 Å². The lowest BCUT2D eigenvalue weighted by atomic mass is 9.85. The van der Waals surface area contributed by atoms with Gasteiger partial charge >= 0.3 is 0 Å². The summed E-state index contributed by atoms with van der Waals surface area (Å²) < 4.78 is 7.31. The predicted octanol–water partition coefficient (Wildman–Crippen LogP) is 4.59. The normalized spacial score (nSPS) is 15.4. The predicted molar refractivity (Wildman–Crippen MR) is 116 cm³/mol. The third kappa shape index (κ3) is 3.73. The second kappa shape index (κ2) is 8.14. The number of amides is 1. The highest BCUT2D eigenvalue weighted by Gasteiger charge is 2.36. The van der Waals surface area contributed by atoms with Crippen molar-refractivity contribution in [2.45, 2.75) is 39.5 Å². The van der Waals surface area contributed by atoms with Gasteiger partial charge in [0, 0.05) is 17.5 Å². The van der Waals surface area contributed by atoms with E-state index < -0.39 is 5.92 Å². The zero-order valence-corrected chi connectivity index (χ0v) is 17.4.